The summed E-state index contributed by atoms with van der Waals surface area (Å²) in [4.78, 5) is 11.0. The zero-order chi connectivity index (χ0) is 7.73. The second-order valence-electron chi connectivity index (χ2n) is 3.60. The van der Waals surface area contributed by atoms with E-state index in [2.05, 4.69) is 10.6 Å². The SMILES string of the molecule is O=C1CCC2(CC1)CNCN2. The third-order valence-corrected chi connectivity index (χ3v) is 2.82. The molecule has 1 aliphatic carbocycles. The molecule has 2 fully saturated rings. The molecule has 0 aromatic rings. The minimum absolute atomic E-state index is 0.272. The molecule has 2 aliphatic rings. The lowest BCUT2D eigenvalue weighted by Gasteiger charge is -2.31. The summed E-state index contributed by atoms with van der Waals surface area (Å²) in [7, 11) is 0. The van der Waals surface area contributed by atoms with E-state index in [0.717, 1.165) is 38.9 Å². The second kappa shape index (κ2) is 2.57. The predicted molar refractivity (Wildman–Crippen MR) is 42.2 cm³/mol. The third-order valence-electron chi connectivity index (χ3n) is 2.82. The monoisotopic (exact) mass is 154 g/mol. The highest BCUT2D eigenvalue weighted by atomic mass is 16.1. The minimum atomic E-state index is 0.272. The van der Waals surface area contributed by atoms with Gasteiger partial charge in [-0.3, -0.25) is 10.1 Å². The normalized spacial score (nSPS) is 29.6. The van der Waals surface area contributed by atoms with Crippen molar-refractivity contribution in [2.45, 2.75) is 31.2 Å². The Balaban J connectivity index is 1.99. The summed E-state index contributed by atoms with van der Waals surface area (Å²) in [6.07, 6.45) is 3.60. The van der Waals surface area contributed by atoms with Gasteiger partial charge in [0.15, 0.2) is 0 Å². The maximum absolute atomic E-state index is 11.0. The van der Waals surface area contributed by atoms with Crippen molar-refractivity contribution in [1.82, 2.24) is 10.6 Å². The highest BCUT2D eigenvalue weighted by molar-refractivity contribution is 5.79. The predicted octanol–water partition coefficient (Wildman–Crippen LogP) is 0.0186. The molecule has 3 heteroatoms. The van der Waals surface area contributed by atoms with E-state index in [-0.39, 0.29) is 5.54 Å². The Bertz CT molecular complexity index is 161. The van der Waals surface area contributed by atoms with Crippen LogP contribution in [0, 0.1) is 0 Å². The van der Waals surface area contributed by atoms with E-state index in [9.17, 15) is 4.79 Å². The molecule has 11 heavy (non-hydrogen) atoms. The average Bonchev–Trinajstić information content (AvgIpc) is 2.45. The van der Waals surface area contributed by atoms with Crippen LogP contribution in [0.1, 0.15) is 25.7 Å². The lowest BCUT2D eigenvalue weighted by molar-refractivity contribution is -0.121. The molecule has 0 aromatic heterocycles. The Morgan fingerprint density at radius 1 is 1.27 bits per heavy atom. The Morgan fingerprint density at radius 3 is 2.55 bits per heavy atom. The Labute approximate surface area is 66.5 Å². The first-order valence-corrected chi connectivity index (χ1v) is 4.28. The molecule has 0 unspecified atom stereocenters. The largest absolute Gasteiger partial charge is 0.303 e. The fraction of sp³-hybridized carbons (Fsp3) is 0.875. The topological polar surface area (TPSA) is 41.1 Å². The first-order chi connectivity index (χ1) is 5.31. The fourth-order valence-corrected chi connectivity index (χ4v) is 1.98. The summed E-state index contributed by atoms with van der Waals surface area (Å²) in [5.41, 5.74) is 0.272. The van der Waals surface area contributed by atoms with Gasteiger partial charge in [-0.05, 0) is 12.8 Å². The molecular formula is C8H14N2O. The molecule has 0 atom stereocenters. The molecule has 1 heterocycles. The molecule has 0 radical (unpaired) electrons. The number of hydrogen-bond donors (Lipinski definition) is 2. The van der Waals surface area contributed by atoms with Gasteiger partial charge in [-0.15, -0.1) is 0 Å². The molecule has 3 nitrogen and oxygen atoms in total. The number of carbonyl (C=O) groups excluding carboxylic acids is 1. The zero-order valence-corrected chi connectivity index (χ0v) is 6.65. The van der Waals surface area contributed by atoms with Gasteiger partial charge >= 0.3 is 0 Å². The van der Waals surface area contributed by atoms with Crippen LogP contribution in [0.4, 0.5) is 0 Å². The van der Waals surface area contributed by atoms with Crippen LogP contribution in [0.5, 0.6) is 0 Å². The number of rotatable bonds is 0. The summed E-state index contributed by atoms with van der Waals surface area (Å²) >= 11 is 0. The average molecular weight is 154 g/mol. The van der Waals surface area contributed by atoms with Crippen molar-refractivity contribution in [3.8, 4) is 0 Å². The molecule has 2 N–H and O–H groups in total. The van der Waals surface area contributed by atoms with Crippen LogP contribution in [-0.4, -0.2) is 24.5 Å². The van der Waals surface area contributed by atoms with Crippen molar-refractivity contribution >= 4 is 5.78 Å². The van der Waals surface area contributed by atoms with E-state index in [1.165, 1.54) is 0 Å². The van der Waals surface area contributed by atoms with Crippen molar-refractivity contribution in [3.05, 3.63) is 0 Å². The third kappa shape index (κ3) is 1.30. The van der Waals surface area contributed by atoms with E-state index in [1.807, 2.05) is 0 Å². The van der Waals surface area contributed by atoms with Crippen molar-refractivity contribution in [3.63, 3.8) is 0 Å². The number of carbonyl (C=O) groups is 1. The lowest BCUT2D eigenvalue weighted by atomic mass is 9.82. The van der Waals surface area contributed by atoms with Crippen molar-refractivity contribution in [1.29, 1.82) is 0 Å². The van der Waals surface area contributed by atoms with Gasteiger partial charge in [-0.2, -0.15) is 0 Å². The quantitative estimate of drug-likeness (QED) is 0.517. The first-order valence-electron chi connectivity index (χ1n) is 4.28. The molecule has 1 saturated heterocycles. The first kappa shape index (κ1) is 7.25. The molecule has 0 bridgehead atoms. The van der Waals surface area contributed by atoms with Crippen molar-refractivity contribution < 1.29 is 4.79 Å². The lowest BCUT2D eigenvalue weighted by Crippen LogP contribution is -2.45. The maximum Gasteiger partial charge on any atom is 0.133 e. The maximum atomic E-state index is 11.0. The van der Waals surface area contributed by atoms with E-state index in [0.29, 0.717) is 5.78 Å². The molecule has 1 saturated carbocycles. The van der Waals surface area contributed by atoms with Gasteiger partial charge in [0.2, 0.25) is 0 Å². The smallest absolute Gasteiger partial charge is 0.133 e. The van der Waals surface area contributed by atoms with Crippen LogP contribution >= 0.6 is 0 Å². The van der Waals surface area contributed by atoms with Crippen molar-refractivity contribution in [2.24, 2.45) is 0 Å². The van der Waals surface area contributed by atoms with E-state index >= 15 is 0 Å². The molecule has 0 aromatic carbocycles. The van der Waals surface area contributed by atoms with Crippen LogP contribution < -0.4 is 10.6 Å². The van der Waals surface area contributed by atoms with Gasteiger partial charge in [0, 0.05) is 31.6 Å². The second-order valence-corrected chi connectivity index (χ2v) is 3.60. The van der Waals surface area contributed by atoms with E-state index in [1.54, 1.807) is 0 Å². The Kier molecular flexibility index (Phi) is 1.69. The van der Waals surface area contributed by atoms with E-state index in [4.69, 9.17) is 0 Å². The van der Waals surface area contributed by atoms with E-state index < -0.39 is 0 Å². The van der Waals surface area contributed by atoms with Gasteiger partial charge in [0.1, 0.15) is 5.78 Å². The summed E-state index contributed by atoms with van der Waals surface area (Å²) in [5, 5.41) is 6.70. The van der Waals surface area contributed by atoms with Crippen LogP contribution in [0.3, 0.4) is 0 Å². The van der Waals surface area contributed by atoms with Crippen LogP contribution in [0.25, 0.3) is 0 Å². The summed E-state index contributed by atoms with van der Waals surface area (Å²) in [6.45, 7) is 1.95. The molecule has 2 rings (SSSR count). The van der Waals surface area contributed by atoms with Gasteiger partial charge in [-0.25, -0.2) is 0 Å². The standard InChI is InChI=1S/C8H14N2O/c11-7-1-3-8(4-2-7)5-9-6-10-8/h9-10H,1-6H2. The van der Waals surface area contributed by atoms with Crippen LogP contribution in [0.2, 0.25) is 0 Å². The Hall–Kier alpha value is -0.410. The van der Waals surface area contributed by atoms with Gasteiger partial charge in [0.05, 0.1) is 0 Å². The van der Waals surface area contributed by atoms with Gasteiger partial charge < -0.3 is 5.32 Å². The molecule has 1 spiro atoms. The highest BCUT2D eigenvalue weighted by Crippen LogP contribution is 2.27. The molecular weight excluding hydrogens is 140 g/mol. The number of Topliss-reactive ketones (excluding diaryl/α,β-unsaturated/α-hetero) is 1. The molecule has 0 amide bonds. The summed E-state index contributed by atoms with van der Waals surface area (Å²) in [6, 6.07) is 0. The zero-order valence-electron chi connectivity index (χ0n) is 6.65. The van der Waals surface area contributed by atoms with Crippen LogP contribution in [0.15, 0.2) is 0 Å². The van der Waals surface area contributed by atoms with Crippen molar-refractivity contribution in [2.75, 3.05) is 13.2 Å². The summed E-state index contributed by atoms with van der Waals surface area (Å²) in [5.74, 6) is 0.435. The number of ketones is 1. The van der Waals surface area contributed by atoms with Crippen LogP contribution in [-0.2, 0) is 4.79 Å². The van der Waals surface area contributed by atoms with Gasteiger partial charge in [0.25, 0.3) is 0 Å². The fourth-order valence-electron chi connectivity index (χ4n) is 1.98. The van der Waals surface area contributed by atoms with Gasteiger partial charge in [-0.1, -0.05) is 0 Å². The highest BCUT2D eigenvalue weighted by Gasteiger charge is 2.36. The molecule has 1 aliphatic heterocycles. The minimum Gasteiger partial charge on any atom is -0.303 e. The summed E-state index contributed by atoms with van der Waals surface area (Å²) < 4.78 is 0. The molecule has 62 valence electrons. The number of nitrogens with one attached hydrogen (secondary N) is 2. The number of hydrogen-bond acceptors (Lipinski definition) is 3. The Morgan fingerprint density at radius 2 is 2.00 bits per heavy atom.